The first kappa shape index (κ1) is 9.53. The predicted octanol–water partition coefficient (Wildman–Crippen LogP) is 1.87. The van der Waals surface area contributed by atoms with E-state index in [4.69, 9.17) is 5.26 Å². The zero-order valence-electron chi connectivity index (χ0n) is 7.99. The molecule has 1 aromatic rings. The minimum Gasteiger partial charge on any atom is -0.264 e. The van der Waals surface area contributed by atoms with Gasteiger partial charge in [0, 0.05) is 6.20 Å². The molecule has 1 rings (SSSR count). The molecule has 68 valence electrons. The molecule has 3 heteroatoms. The van der Waals surface area contributed by atoms with E-state index in [1.807, 2.05) is 19.9 Å². The Hall–Kier alpha value is -1.56. The van der Waals surface area contributed by atoms with Gasteiger partial charge in [0.1, 0.15) is 0 Å². The van der Waals surface area contributed by atoms with Crippen LogP contribution in [0.5, 0.6) is 0 Å². The van der Waals surface area contributed by atoms with Gasteiger partial charge in [0.05, 0.1) is 23.7 Å². The summed E-state index contributed by atoms with van der Waals surface area (Å²) in [5.74, 6) is 0. The zero-order valence-corrected chi connectivity index (χ0v) is 7.99. The van der Waals surface area contributed by atoms with E-state index in [-0.39, 0.29) is 0 Å². The Kier molecular flexibility index (Phi) is 2.52. The average Bonchev–Trinajstić information content (AvgIpc) is 2.54. The minimum atomic E-state index is -0.487. The summed E-state index contributed by atoms with van der Waals surface area (Å²) in [5, 5.41) is 13.1. The molecule has 0 unspecified atom stereocenters. The van der Waals surface area contributed by atoms with E-state index in [1.165, 1.54) is 0 Å². The van der Waals surface area contributed by atoms with Crippen molar-refractivity contribution in [1.29, 1.82) is 5.26 Å². The summed E-state index contributed by atoms with van der Waals surface area (Å²) in [4.78, 5) is 0. The van der Waals surface area contributed by atoms with Crippen LogP contribution in [0.4, 0.5) is 0 Å². The summed E-state index contributed by atoms with van der Waals surface area (Å²) in [6.07, 6.45) is 3.47. The molecule has 0 radical (unpaired) electrons. The van der Waals surface area contributed by atoms with Gasteiger partial charge in [-0.05, 0) is 19.9 Å². The number of aromatic nitrogens is 2. The van der Waals surface area contributed by atoms with E-state index in [1.54, 1.807) is 17.0 Å². The van der Waals surface area contributed by atoms with Gasteiger partial charge >= 0.3 is 0 Å². The summed E-state index contributed by atoms with van der Waals surface area (Å²) in [6, 6.07) is 4.12. The van der Waals surface area contributed by atoms with Gasteiger partial charge in [0.15, 0.2) is 0 Å². The molecule has 1 heterocycles. The molecule has 0 atom stereocenters. The third-order valence-corrected chi connectivity index (χ3v) is 1.94. The van der Waals surface area contributed by atoms with Crippen LogP contribution >= 0.6 is 0 Å². The van der Waals surface area contributed by atoms with E-state index >= 15 is 0 Å². The average molecular weight is 175 g/mol. The Morgan fingerprint density at radius 1 is 1.77 bits per heavy atom. The van der Waals surface area contributed by atoms with E-state index in [0.717, 1.165) is 5.69 Å². The largest absolute Gasteiger partial charge is 0.264 e. The summed E-state index contributed by atoms with van der Waals surface area (Å²) in [5.41, 5.74) is 0.439. The van der Waals surface area contributed by atoms with Crippen LogP contribution in [0, 0.1) is 11.3 Å². The van der Waals surface area contributed by atoms with Crippen molar-refractivity contribution in [3.63, 3.8) is 0 Å². The fraction of sp³-hybridized carbons (Fsp3) is 0.400. The first-order chi connectivity index (χ1) is 6.11. The van der Waals surface area contributed by atoms with E-state index in [0.29, 0.717) is 6.54 Å². The van der Waals surface area contributed by atoms with Crippen LogP contribution in [0.1, 0.15) is 19.5 Å². The van der Waals surface area contributed by atoms with Crippen molar-refractivity contribution in [2.45, 2.75) is 25.8 Å². The second kappa shape index (κ2) is 3.44. The molecular weight excluding hydrogens is 162 g/mol. The van der Waals surface area contributed by atoms with Crippen LogP contribution in [0.15, 0.2) is 24.9 Å². The maximum absolute atomic E-state index is 8.94. The van der Waals surface area contributed by atoms with Crippen molar-refractivity contribution in [2.24, 2.45) is 0 Å². The van der Waals surface area contributed by atoms with Crippen molar-refractivity contribution in [2.75, 3.05) is 0 Å². The van der Waals surface area contributed by atoms with Crippen molar-refractivity contribution >= 4 is 0 Å². The van der Waals surface area contributed by atoms with Crippen LogP contribution in [0.2, 0.25) is 0 Å². The lowest BCUT2D eigenvalue weighted by atomic mass is 9.91. The lowest BCUT2D eigenvalue weighted by molar-refractivity contribution is 0.564. The molecule has 13 heavy (non-hydrogen) atoms. The quantitative estimate of drug-likeness (QED) is 0.658. The van der Waals surface area contributed by atoms with Gasteiger partial charge in [-0.25, -0.2) is 0 Å². The van der Waals surface area contributed by atoms with Crippen LogP contribution in [0.3, 0.4) is 0 Å². The molecule has 0 aromatic carbocycles. The second-order valence-corrected chi connectivity index (χ2v) is 3.42. The number of nitriles is 1. The summed E-state index contributed by atoms with van der Waals surface area (Å²) in [6.45, 7) is 8.04. The van der Waals surface area contributed by atoms with Gasteiger partial charge in [-0.1, -0.05) is 6.08 Å². The van der Waals surface area contributed by atoms with Crippen LogP contribution < -0.4 is 0 Å². The Morgan fingerprint density at radius 2 is 2.46 bits per heavy atom. The normalized spacial score (nSPS) is 10.8. The molecule has 0 aliphatic rings. The van der Waals surface area contributed by atoms with E-state index in [9.17, 15) is 0 Å². The molecule has 0 bridgehead atoms. The number of rotatable bonds is 3. The van der Waals surface area contributed by atoms with Gasteiger partial charge in [0.2, 0.25) is 0 Å². The Balaban J connectivity index is 3.08. The van der Waals surface area contributed by atoms with Crippen LogP contribution in [0.25, 0.3) is 0 Å². The fourth-order valence-corrected chi connectivity index (χ4v) is 1.19. The van der Waals surface area contributed by atoms with Crippen molar-refractivity contribution < 1.29 is 0 Å². The Morgan fingerprint density at radius 3 is 3.00 bits per heavy atom. The van der Waals surface area contributed by atoms with Gasteiger partial charge in [-0.15, -0.1) is 6.58 Å². The lowest BCUT2D eigenvalue weighted by Gasteiger charge is -2.16. The molecule has 0 aliphatic heterocycles. The highest BCUT2D eigenvalue weighted by Crippen LogP contribution is 2.21. The Bertz CT molecular complexity index is 341. The molecule has 0 saturated carbocycles. The molecule has 1 aromatic heterocycles. The lowest BCUT2D eigenvalue weighted by Crippen LogP contribution is -2.19. The number of hydrogen-bond acceptors (Lipinski definition) is 2. The maximum atomic E-state index is 8.94. The first-order valence-corrected chi connectivity index (χ1v) is 4.16. The van der Waals surface area contributed by atoms with Gasteiger partial charge in [0.25, 0.3) is 0 Å². The third kappa shape index (κ3) is 1.78. The second-order valence-electron chi connectivity index (χ2n) is 3.42. The van der Waals surface area contributed by atoms with Gasteiger partial charge in [-0.3, -0.25) is 4.68 Å². The number of hydrogen-bond donors (Lipinski definition) is 0. The highest BCUT2D eigenvalue weighted by atomic mass is 15.3. The molecule has 0 aliphatic carbocycles. The fourth-order valence-electron chi connectivity index (χ4n) is 1.19. The van der Waals surface area contributed by atoms with Crippen molar-refractivity contribution in [3.05, 3.63) is 30.6 Å². The van der Waals surface area contributed by atoms with E-state index in [2.05, 4.69) is 17.7 Å². The monoisotopic (exact) mass is 175 g/mol. The van der Waals surface area contributed by atoms with Crippen LogP contribution in [-0.4, -0.2) is 9.78 Å². The maximum Gasteiger partial charge on any atom is 0.0934 e. The smallest absolute Gasteiger partial charge is 0.0934 e. The SMILES string of the molecule is C=CCn1nccc1C(C)(C)C#N. The molecule has 0 N–H and O–H groups in total. The Labute approximate surface area is 78.3 Å². The number of allylic oxidation sites excluding steroid dienone is 1. The molecule has 0 spiro atoms. The predicted molar refractivity (Wildman–Crippen MR) is 51.1 cm³/mol. The highest BCUT2D eigenvalue weighted by molar-refractivity contribution is 5.22. The van der Waals surface area contributed by atoms with Gasteiger partial charge in [-0.2, -0.15) is 10.4 Å². The molecule has 0 saturated heterocycles. The number of nitrogens with zero attached hydrogens (tertiary/aromatic N) is 3. The summed E-state index contributed by atoms with van der Waals surface area (Å²) >= 11 is 0. The first-order valence-electron chi connectivity index (χ1n) is 4.16. The molecule has 0 fully saturated rings. The molecule has 3 nitrogen and oxygen atoms in total. The highest BCUT2D eigenvalue weighted by Gasteiger charge is 2.23. The minimum absolute atomic E-state index is 0.487. The van der Waals surface area contributed by atoms with Crippen LogP contribution in [-0.2, 0) is 12.0 Å². The third-order valence-electron chi connectivity index (χ3n) is 1.94. The van der Waals surface area contributed by atoms with Crippen molar-refractivity contribution in [3.8, 4) is 6.07 Å². The standard InChI is InChI=1S/C10H13N3/c1-4-7-13-9(5-6-12-13)10(2,3)8-11/h4-6H,1,7H2,2-3H3. The topological polar surface area (TPSA) is 41.6 Å². The van der Waals surface area contributed by atoms with Gasteiger partial charge < -0.3 is 0 Å². The molecular formula is C10H13N3. The van der Waals surface area contributed by atoms with E-state index < -0.39 is 5.41 Å². The van der Waals surface area contributed by atoms with Crippen molar-refractivity contribution in [1.82, 2.24) is 9.78 Å². The summed E-state index contributed by atoms with van der Waals surface area (Å²) < 4.78 is 1.79. The molecule has 0 amide bonds. The zero-order chi connectivity index (χ0) is 9.90. The summed E-state index contributed by atoms with van der Waals surface area (Å²) in [7, 11) is 0.